The lowest BCUT2D eigenvalue weighted by atomic mass is 9.81. The quantitative estimate of drug-likeness (QED) is 0.507. The van der Waals surface area contributed by atoms with Crippen molar-refractivity contribution in [3.63, 3.8) is 0 Å². The van der Waals surface area contributed by atoms with Crippen LogP contribution in [0.3, 0.4) is 0 Å². The molecule has 0 spiro atoms. The van der Waals surface area contributed by atoms with Gasteiger partial charge in [-0.25, -0.2) is 4.39 Å². The van der Waals surface area contributed by atoms with Crippen LogP contribution in [0.2, 0.25) is 0 Å². The van der Waals surface area contributed by atoms with Crippen LogP contribution in [-0.2, 0) is 17.9 Å². The molecule has 1 N–H and O–H groups in total. The Balaban J connectivity index is 0.000000492. The van der Waals surface area contributed by atoms with Gasteiger partial charge in [0.1, 0.15) is 5.82 Å². The summed E-state index contributed by atoms with van der Waals surface area (Å²) in [5.74, 6) is -0.237. The highest BCUT2D eigenvalue weighted by molar-refractivity contribution is 5.50. The van der Waals surface area contributed by atoms with E-state index in [-0.39, 0.29) is 11.2 Å². The van der Waals surface area contributed by atoms with E-state index in [0.717, 1.165) is 30.0 Å². The van der Waals surface area contributed by atoms with Crippen LogP contribution in [0.4, 0.5) is 4.39 Å². The molecule has 1 aliphatic rings. The summed E-state index contributed by atoms with van der Waals surface area (Å²) in [6.07, 6.45) is 8.38. The maximum atomic E-state index is 12.6. The van der Waals surface area contributed by atoms with Gasteiger partial charge in [-0.05, 0) is 50.4 Å². The molecule has 0 saturated carbocycles. The van der Waals surface area contributed by atoms with Gasteiger partial charge in [0.05, 0.1) is 11.9 Å². The molecule has 1 aromatic rings. The highest BCUT2D eigenvalue weighted by Crippen LogP contribution is 2.31. The summed E-state index contributed by atoms with van der Waals surface area (Å²) in [5.41, 5.74) is 4.49. The van der Waals surface area contributed by atoms with Gasteiger partial charge in [-0.3, -0.25) is 14.7 Å². The molecule has 1 aromatic heterocycles. The van der Waals surface area contributed by atoms with Gasteiger partial charge < -0.3 is 5.32 Å². The van der Waals surface area contributed by atoms with E-state index >= 15 is 0 Å². The number of rotatable bonds is 6. The molecule has 2 rings (SSSR count). The van der Waals surface area contributed by atoms with Crippen LogP contribution in [0.5, 0.6) is 0 Å². The molecule has 28 heavy (non-hydrogen) atoms. The number of aromatic nitrogens is 1. The smallest absolute Gasteiger partial charge is 0.211 e. The molecule has 0 aliphatic carbocycles. The Labute approximate surface area is 170 Å². The van der Waals surface area contributed by atoms with E-state index in [0.29, 0.717) is 6.41 Å². The largest absolute Gasteiger partial charge is 0.333 e. The molecule has 2 heterocycles. The molecule has 1 amide bonds. The van der Waals surface area contributed by atoms with Crippen LogP contribution in [0.25, 0.3) is 0 Å². The first-order valence-corrected chi connectivity index (χ1v) is 10.1. The lowest BCUT2D eigenvalue weighted by Gasteiger charge is -2.25. The van der Waals surface area contributed by atoms with Crippen LogP contribution < -0.4 is 5.32 Å². The first kappa shape index (κ1) is 26.0. The average molecular weight is 392 g/mol. The van der Waals surface area contributed by atoms with Crippen LogP contribution in [-0.4, -0.2) is 23.3 Å². The summed E-state index contributed by atoms with van der Waals surface area (Å²) in [6.45, 7) is 16.4. The van der Waals surface area contributed by atoms with E-state index < -0.39 is 0 Å². The number of hydrogen-bond acceptors (Lipinski definition) is 3. The number of carbonyl (C=O) groups is 1. The lowest BCUT2D eigenvalue weighted by Crippen LogP contribution is -2.12. The molecule has 5 heteroatoms. The van der Waals surface area contributed by atoms with Gasteiger partial charge in [0.15, 0.2) is 0 Å². The monoisotopic (exact) mass is 391 g/mol. The second-order valence-corrected chi connectivity index (χ2v) is 7.53. The minimum absolute atomic E-state index is 0.237. The zero-order valence-electron chi connectivity index (χ0n) is 18.9. The predicted octanol–water partition coefficient (Wildman–Crippen LogP) is 5.60. The summed E-state index contributed by atoms with van der Waals surface area (Å²) >= 11 is 0. The summed E-state index contributed by atoms with van der Waals surface area (Å²) in [4.78, 5) is 16.3. The van der Waals surface area contributed by atoms with Gasteiger partial charge in [0.2, 0.25) is 6.41 Å². The Bertz CT molecular complexity index is 666. The number of nitrogens with one attached hydrogen (secondary N) is 1. The van der Waals surface area contributed by atoms with E-state index in [4.69, 9.17) is 0 Å². The van der Waals surface area contributed by atoms with E-state index in [9.17, 15) is 9.18 Å². The maximum absolute atomic E-state index is 12.6. The lowest BCUT2D eigenvalue weighted by molar-refractivity contribution is -0.108. The number of pyridine rings is 1. The second kappa shape index (κ2) is 13.2. The molecule has 0 unspecified atom stereocenters. The Morgan fingerprint density at radius 1 is 1.29 bits per heavy atom. The average Bonchev–Trinajstić information content (AvgIpc) is 3.01. The molecule has 0 saturated heterocycles. The molecule has 0 radical (unpaired) electrons. The van der Waals surface area contributed by atoms with Crippen LogP contribution in [0.15, 0.2) is 35.7 Å². The molecule has 158 valence electrons. The highest BCUT2D eigenvalue weighted by Gasteiger charge is 2.18. The van der Waals surface area contributed by atoms with E-state index in [1.165, 1.54) is 24.6 Å². The fourth-order valence-corrected chi connectivity index (χ4v) is 2.83. The van der Waals surface area contributed by atoms with Gasteiger partial charge >= 0.3 is 0 Å². The van der Waals surface area contributed by atoms with Crippen molar-refractivity contribution in [2.45, 2.75) is 74.4 Å². The number of halogens is 1. The summed E-state index contributed by atoms with van der Waals surface area (Å²) in [6, 6.07) is 1.56. The first-order chi connectivity index (χ1) is 13.2. The third kappa shape index (κ3) is 9.27. The van der Waals surface area contributed by atoms with Crippen molar-refractivity contribution >= 4 is 6.41 Å². The van der Waals surface area contributed by atoms with Crippen LogP contribution in [0.1, 0.15) is 72.6 Å². The number of hydrogen-bond donors (Lipinski definition) is 1. The van der Waals surface area contributed by atoms with Crippen LogP contribution in [0, 0.1) is 11.2 Å². The second-order valence-electron chi connectivity index (χ2n) is 7.53. The highest BCUT2D eigenvalue weighted by atomic mass is 19.1. The zero-order valence-corrected chi connectivity index (χ0v) is 18.9. The fraction of sp³-hybridized carbons (Fsp3) is 0.565. The fourth-order valence-electron chi connectivity index (χ4n) is 2.83. The minimum atomic E-state index is -0.237. The van der Waals surface area contributed by atoms with Gasteiger partial charge in [-0.15, -0.1) is 0 Å². The van der Waals surface area contributed by atoms with Gasteiger partial charge in [-0.2, -0.15) is 0 Å². The summed E-state index contributed by atoms with van der Waals surface area (Å²) in [5, 5.41) is 2.62. The van der Waals surface area contributed by atoms with E-state index in [1.54, 1.807) is 6.07 Å². The standard InChI is InChI=1S/C13H23NO.C8H9FN2.C2H6/c1-6-9-13(4,5)11(2)7-8-12(3)14-10-15;1-11-4-6-2-7(9)3-10-8(6)5-11;1-2/h7-8,10H,6,9H2,1-5H3,(H,14,15);2-3H,4-5H2,1H3;1-2H3/b11-7+,12-8+;;. The van der Waals surface area contributed by atoms with Crippen molar-refractivity contribution in [3.8, 4) is 0 Å². The molecular formula is C23H38FN3O. The van der Waals surface area contributed by atoms with Gasteiger partial charge in [0, 0.05) is 18.8 Å². The third-order valence-electron chi connectivity index (χ3n) is 4.70. The van der Waals surface area contributed by atoms with Crippen molar-refractivity contribution in [1.29, 1.82) is 0 Å². The third-order valence-corrected chi connectivity index (χ3v) is 4.70. The van der Waals surface area contributed by atoms with Gasteiger partial charge in [-0.1, -0.05) is 52.7 Å². The van der Waals surface area contributed by atoms with Crippen molar-refractivity contribution in [3.05, 3.63) is 52.8 Å². The normalized spacial score (nSPS) is 14.3. The Hall–Kier alpha value is -2.01. The van der Waals surface area contributed by atoms with Crippen LogP contribution >= 0.6 is 0 Å². The molecule has 4 nitrogen and oxygen atoms in total. The maximum Gasteiger partial charge on any atom is 0.211 e. The molecule has 1 aliphatic heterocycles. The number of carbonyl (C=O) groups excluding carboxylic acids is 1. The number of nitrogens with zero attached hydrogens (tertiary/aromatic N) is 2. The van der Waals surface area contributed by atoms with Crippen molar-refractivity contribution in [1.82, 2.24) is 15.2 Å². The van der Waals surface area contributed by atoms with Crippen molar-refractivity contribution in [2.24, 2.45) is 5.41 Å². The molecule has 0 atom stereocenters. The topological polar surface area (TPSA) is 45.2 Å². The Morgan fingerprint density at radius 2 is 1.93 bits per heavy atom. The van der Waals surface area contributed by atoms with Gasteiger partial charge in [0.25, 0.3) is 0 Å². The van der Waals surface area contributed by atoms with E-state index in [1.807, 2.05) is 33.9 Å². The SMILES string of the molecule is CC.CCCC(C)(C)/C(C)=C/C=C(\C)NC=O.CN1Cc2cc(F)cnc2C1. The van der Waals surface area contributed by atoms with Crippen molar-refractivity contribution in [2.75, 3.05) is 7.05 Å². The molecule has 0 fully saturated rings. The predicted molar refractivity (Wildman–Crippen MR) is 116 cm³/mol. The summed E-state index contributed by atoms with van der Waals surface area (Å²) < 4.78 is 12.6. The Kier molecular flexibility index (Phi) is 12.3. The number of allylic oxidation sites excluding steroid dienone is 4. The van der Waals surface area contributed by atoms with Crippen molar-refractivity contribution < 1.29 is 9.18 Å². The Morgan fingerprint density at radius 3 is 2.50 bits per heavy atom. The molecule has 0 bridgehead atoms. The zero-order chi connectivity index (χ0) is 21.7. The number of amides is 1. The minimum Gasteiger partial charge on any atom is -0.333 e. The summed E-state index contributed by atoms with van der Waals surface area (Å²) in [7, 11) is 2.00. The van der Waals surface area contributed by atoms with E-state index in [2.05, 4.69) is 49.0 Å². The molecule has 0 aromatic carbocycles. The first-order valence-electron chi connectivity index (χ1n) is 10.1. The molecular weight excluding hydrogens is 353 g/mol. The number of fused-ring (bicyclic) bond motifs is 1.